The molecule has 3 aromatic heterocycles. The van der Waals surface area contributed by atoms with E-state index in [1.807, 2.05) is 6.07 Å². The Morgan fingerprint density at radius 3 is 2.58 bits per heavy atom. The van der Waals surface area contributed by atoms with Gasteiger partial charge >= 0.3 is 0 Å². The third-order valence-corrected chi connectivity index (χ3v) is 10.6. The molecule has 9 nitrogen and oxygen atoms in total. The monoisotopic (exact) mass is 563 g/mol. The van der Waals surface area contributed by atoms with Crippen LogP contribution in [0.3, 0.4) is 0 Å². The smallest absolute Gasteiger partial charge is 0.228 e. The fourth-order valence-electron chi connectivity index (χ4n) is 6.81. The first-order valence-electron chi connectivity index (χ1n) is 13.4. The molecular weight excluding hydrogens is 536 g/mol. The molecule has 3 heterocycles. The van der Waals surface area contributed by atoms with Crippen molar-refractivity contribution in [2.75, 3.05) is 5.75 Å². The molecule has 0 unspecified atom stereocenters. The number of hydrogen-bond donors (Lipinski definition) is 0. The summed E-state index contributed by atoms with van der Waals surface area (Å²) in [5, 5.41) is 13.2. The van der Waals surface area contributed by atoms with Gasteiger partial charge in [0.1, 0.15) is 23.7 Å². The van der Waals surface area contributed by atoms with E-state index in [1.165, 1.54) is 29.2 Å². The maximum atomic E-state index is 14.6. The zero-order valence-electron chi connectivity index (χ0n) is 22.0. The van der Waals surface area contributed by atoms with Crippen molar-refractivity contribution in [3.63, 3.8) is 0 Å². The van der Waals surface area contributed by atoms with Gasteiger partial charge in [0.2, 0.25) is 0 Å². The van der Waals surface area contributed by atoms with Crippen LogP contribution in [0.5, 0.6) is 0 Å². The number of sulfone groups is 1. The summed E-state index contributed by atoms with van der Waals surface area (Å²) in [7, 11) is -3.29. The molecule has 0 aliphatic heterocycles. The quantitative estimate of drug-likeness (QED) is 0.326. The van der Waals surface area contributed by atoms with E-state index in [2.05, 4.69) is 39.1 Å². The number of hydrogen-bond acceptors (Lipinski definition) is 8. The molecule has 0 amide bonds. The summed E-state index contributed by atoms with van der Waals surface area (Å²) in [5.74, 6) is -0.585. The summed E-state index contributed by atoms with van der Waals surface area (Å²) < 4.78 is 55.5. The van der Waals surface area contributed by atoms with Gasteiger partial charge < -0.3 is 0 Å². The van der Waals surface area contributed by atoms with E-state index in [-0.39, 0.29) is 51.8 Å². The highest BCUT2D eigenvalue weighted by Gasteiger charge is 2.65. The molecule has 2 atom stereocenters. The molecule has 2 saturated carbocycles. The van der Waals surface area contributed by atoms with Crippen LogP contribution in [0.25, 0.3) is 17.2 Å². The minimum atomic E-state index is -3.29. The molecule has 0 radical (unpaired) electrons. The SMILES string of the molecule is CC1(C)[C@H]2CC[C@]1(c1ccnc(-n3cnc(CS(=O)(=O)CC4CC4)n3)n1)c1nnc(-c3c(F)cccc3F)cc12. The summed E-state index contributed by atoms with van der Waals surface area (Å²) in [6, 6.07) is 7.38. The number of fused-ring (bicyclic) bond motifs is 5. The van der Waals surface area contributed by atoms with Gasteiger partial charge in [-0.1, -0.05) is 19.9 Å². The van der Waals surface area contributed by atoms with E-state index in [0.29, 0.717) is 0 Å². The highest BCUT2D eigenvalue weighted by Crippen LogP contribution is 2.69. The van der Waals surface area contributed by atoms with Crippen molar-refractivity contribution in [2.45, 2.75) is 56.6 Å². The molecule has 40 heavy (non-hydrogen) atoms. The molecule has 3 aliphatic rings. The number of halogens is 2. The van der Waals surface area contributed by atoms with E-state index >= 15 is 0 Å². The molecule has 3 aliphatic carbocycles. The van der Waals surface area contributed by atoms with Crippen molar-refractivity contribution in [3.05, 3.63) is 77.3 Å². The van der Waals surface area contributed by atoms with Gasteiger partial charge in [0, 0.05) is 6.20 Å². The summed E-state index contributed by atoms with van der Waals surface area (Å²) in [5.41, 5.74) is 1.49. The molecular formula is C28H27F2N7O2S. The first-order chi connectivity index (χ1) is 19.1. The maximum absolute atomic E-state index is 14.6. The van der Waals surface area contributed by atoms with E-state index in [1.54, 1.807) is 12.3 Å². The van der Waals surface area contributed by atoms with Crippen molar-refractivity contribution < 1.29 is 17.2 Å². The Morgan fingerprint density at radius 1 is 1.05 bits per heavy atom. The largest absolute Gasteiger partial charge is 0.252 e. The third-order valence-electron chi connectivity index (χ3n) is 8.96. The van der Waals surface area contributed by atoms with E-state index < -0.39 is 26.9 Å². The lowest BCUT2D eigenvalue weighted by atomic mass is 9.66. The van der Waals surface area contributed by atoms with Crippen LogP contribution in [0.4, 0.5) is 8.78 Å². The number of aromatic nitrogens is 7. The maximum Gasteiger partial charge on any atom is 0.252 e. The Kier molecular flexibility index (Phi) is 5.48. The Balaban J connectivity index is 1.26. The van der Waals surface area contributed by atoms with Gasteiger partial charge in [0.15, 0.2) is 15.7 Å². The van der Waals surface area contributed by atoms with E-state index in [4.69, 9.17) is 4.98 Å². The Labute approximate surface area is 230 Å². The summed E-state index contributed by atoms with van der Waals surface area (Å²) in [6.07, 6.45) is 6.62. The molecule has 7 rings (SSSR count). The first-order valence-corrected chi connectivity index (χ1v) is 15.2. The second kappa shape index (κ2) is 8.66. The van der Waals surface area contributed by atoms with Crippen molar-refractivity contribution in [2.24, 2.45) is 11.3 Å². The molecule has 206 valence electrons. The highest BCUT2D eigenvalue weighted by atomic mass is 32.2. The zero-order chi connectivity index (χ0) is 27.9. The highest BCUT2D eigenvalue weighted by molar-refractivity contribution is 7.90. The predicted molar refractivity (Wildman–Crippen MR) is 141 cm³/mol. The van der Waals surface area contributed by atoms with Gasteiger partial charge in [-0.15, -0.1) is 10.2 Å². The Bertz CT molecular complexity index is 1750. The van der Waals surface area contributed by atoms with Crippen LogP contribution in [0.1, 0.15) is 68.2 Å². The number of nitrogens with zero attached hydrogens (tertiary/aromatic N) is 7. The summed E-state index contributed by atoms with van der Waals surface area (Å²) >= 11 is 0. The van der Waals surface area contributed by atoms with Crippen LogP contribution in [-0.4, -0.2) is 49.1 Å². The summed E-state index contributed by atoms with van der Waals surface area (Å²) in [4.78, 5) is 13.5. The lowest BCUT2D eigenvalue weighted by Crippen LogP contribution is -2.38. The van der Waals surface area contributed by atoms with E-state index in [0.717, 1.165) is 42.6 Å². The normalized spacial score (nSPS) is 22.9. The standard InChI is InChI=1S/C28H27F2N7O2S/c1-27(2)18-8-10-28(27,25-17(18)12-21(34-35-25)24-19(29)4-3-5-20(24)30)22-9-11-31-26(33-22)37-15-32-23(36-37)14-40(38,39)13-16-6-7-16/h3-5,9,11-12,15-16,18H,6-8,10,13-14H2,1-2H3/t18-,28-/m0/s1. The molecule has 12 heteroatoms. The molecule has 4 aromatic rings. The molecule has 0 saturated heterocycles. The van der Waals surface area contributed by atoms with Crippen LogP contribution in [-0.2, 0) is 21.0 Å². The second-order valence-electron chi connectivity index (χ2n) is 11.7. The minimum Gasteiger partial charge on any atom is -0.228 e. The number of benzene rings is 1. The zero-order valence-corrected chi connectivity index (χ0v) is 22.9. The van der Waals surface area contributed by atoms with Crippen LogP contribution in [0.15, 0.2) is 42.9 Å². The molecule has 2 fully saturated rings. The Hall–Kier alpha value is -3.67. The molecule has 0 spiro atoms. The van der Waals surface area contributed by atoms with Gasteiger partial charge in [-0.2, -0.15) is 9.78 Å². The topological polar surface area (TPSA) is 116 Å². The minimum absolute atomic E-state index is 0.0969. The summed E-state index contributed by atoms with van der Waals surface area (Å²) in [6.45, 7) is 4.32. The fourth-order valence-corrected chi connectivity index (χ4v) is 8.51. The van der Waals surface area contributed by atoms with Gasteiger partial charge in [-0.05, 0) is 72.8 Å². The average Bonchev–Trinajstić information content (AvgIpc) is 3.45. The van der Waals surface area contributed by atoms with Gasteiger partial charge in [-0.25, -0.2) is 32.2 Å². The molecule has 2 bridgehead atoms. The number of rotatable bonds is 7. The predicted octanol–water partition coefficient (Wildman–Crippen LogP) is 4.32. The van der Waals surface area contributed by atoms with Crippen molar-refractivity contribution in [3.8, 4) is 17.2 Å². The van der Waals surface area contributed by atoms with Crippen LogP contribution in [0, 0.1) is 23.0 Å². The second-order valence-corrected chi connectivity index (χ2v) is 13.8. The van der Waals surface area contributed by atoms with Crippen molar-refractivity contribution >= 4 is 9.84 Å². The lowest BCUT2D eigenvalue weighted by molar-refractivity contribution is 0.242. The first kappa shape index (κ1) is 25.3. The van der Waals surface area contributed by atoms with Gasteiger partial charge in [0.05, 0.1) is 33.8 Å². The molecule has 1 aromatic carbocycles. The van der Waals surface area contributed by atoms with Crippen LogP contribution < -0.4 is 0 Å². The fraction of sp³-hybridized carbons (Fsp3) is 0.429. The average molecular weight is 564 g/mol. The third kappa shape index (κ3) is 3.79. The van der Waals surface area contributed by atoms with Crippen molar-refractivity contribution in [1.29, 1.82) is 0 Å². The van der Waals surface area contributed by atoms with Crippen LogP contribution >= 0.6 is 0 Å². The van der Waals surface area contributed by atoms with Crippen LogP contribution in [0.2, 0.25) is 0 Å². The van der Waals surface area contributed by atoms with Gasteiger partial charge in [-0.3, -0.25) is 0 Å². The molecule has 0 N–H and O–H groups in total. The van der Waals surface area contributed by atoms with E-state index in [9.17, 15) is 17.2 Å². The van der Waals surface area contributed by atoms with Gasteiger partial charge in [0.25, 0.3) is 5.95 Å². The Morgan fingerprint density at radius 2 is 1.82 bits per heavy atom. The van der Waals surface area contributed by atoms with Crippen molar-refractivity contribution in [1.82, 2.24) is 34.9 Å². The lowest BCUT2D eigenvalue weighted by Gasteiger charge is -2.37.